The number of hydrogen-bond acceptors (Lipinski definition) is 2. The molecule has 1 N–H and O–H groups in total. The highest BCUT2D eigenvalue weighted by molar-refractivity contribution is 5.48. The van der Waals surface area contributed by atoms with Crippen molar-refractivity contribution in [1.29, 1.82) is 0 Å². The van der Waals surface area contributed by atoms with Gasteiger partial charge in [-0.2, -0.15) is 0 Å². The van der Waals surface area contributed by atoms with Crippen molar-refractivity contribution in [1.82, 2.24) is 0 Å². The molecule has 19 heavy (non-hydrogen) atoms. The SMILES string of the molecule is Cc1ccc(OCc2ccccc2)c(C#CCO)c1. The lowest BCUT2D eigenvalue weighted by Crippen LogP contribution is -1.97. The van der Waals surface area contributed by atoms with Crippen molar-refractivity contribution < 1.29 is 9.84 Å². The standard InChI is InChI=1S/C17H16O2/c1-14-9-10-17(16(12-14)8-5-11-18)19-13-15-6-3-2-4-7-15/h2-4,6-7,9-10,12,18H,11,13H2,1H3. The van der Waals surface area contributed by atoms with Gasteiger partial charge in [-0.15, -0.1) is 0 Å². The van der Waals surface area contributed by atoms with Crippen LogP contribution in [0, 0.1) is 18.8 Å². The van der Waals surface area contributed by atoms with Gasteiger partial charge in [0.25, 0.3) is 0 Å². The van der Waals surface area contributed by atoms with E-state index in [0.717, 1.165) is 22.4 Å². The number of aryl methyl sites for hydroxylation is 1. The smallest absolute Gasteiger partial charge is 0.135 e. The van der Waals surface area contributed by atoms with Crippen molar-refractivity contribution in [2.45, 2.75) is 13.5 Å². The van der Waals surface area contributed by atoms with Crippen LogP contribution in [-0.2, 0) is 6.61 Å². The molecule has 0 bridgehead atoms. The van der Waals surface area contributed by atoms with E-state index >= 15 is 0 Å². The van der Waals surface area contributed by atoms with Gasteiger partial charge in [0.2, 0.25) is 0 Å². The molecule has 0 aromatic heterocycles. The zero-order valence-corrected chi connectivity index (χ0v) is 10.9. The molecule has 0 spiro atoms. The van der Waals surface area contributed by atoms with Crippen LogP contribution in [0.3, 0.4) is 0 Å². The zero-order valence-electron chi connectivity index (χ0n) is 10.9. The molecule has 0 aliphatic carbocycles. The Balaban J connectivity index is 2.15. The van der Waals surface area contributed by atoms with Gasteiger partial charge in [-0.25, -0.2) is 0 Å². The van der Waals surface area contributed by atoms with Gasteiger partial charge in [-0.3, -0.25) is 0 Å². The summed E-state index contributed by atoms with van der Waals surface area (Å²) in [6.07, 6.45) is 0. The molecule has 0 atom stereocenters. The van der Waals surface area contributed by atoms with Gasteiger partial charge in [0, 0.05) is 0 Å². The summed E-state index contributed by atoms with van der Waals surface area (Å²) >= 11 is 0. The van der Waals surface area contributed by atoms with Crippen molar-refractivity contribution in [3.8, 4) is 17.6 Å². The number of aliphatic hydroxyl groups excluding tert-OH is 1. The lowest BCUT2D eigenvalue weighted by molar-refractivity contribution is 0.305. The highest BCUT2D eigenvalue weighted by atomic mass is 16.5. The molecule has 0 saturated heterocycles. The first-order chi connectivity index (χ1) is 9.29. The fourth-order valence-electron chi connectivity index (χ4n) is 1.74. The number of ether oxygens (including phenoxy) is 1. The number of aliphatic hydroxyl groups is 1. The molecule has 2 nitrogen and oxygen atoms in total. The van der Waals surface area contributed by atoms with E-state index in [4.69, 9.17) is 9.84 Å². The highest BCUT2D eigenvalue weighted by Crippen LogP contribution is 2.20. The van der Waals surface area contributed by atoms with Crippen LogP contribution in [0.5, 0.6) is 5.75 Å². The van der Waals surface area contributed by atoms with Crippen LogP contribution in [0.15, 0.2) is 48.5 Å². The molecule has 0 radical (unpaired) electrons. The topological polar surface area (TPSA) is 29.5 Å². The predicted molar refractivity (Wildman–Crippen MR) is 75.9 cm³/mol. The van der Waals surface area contributed by atoms with E-state index in [2.05, 4.69) is 11.8 Å². The second-order valence-corrected chi connectivity index (χ2v) is 4.23. The third-order valence-electron chi connectivity index (χ3n) is 2.67. The van der Waals surface area contributed by atoms with Crippen molar-refractivity contribution in [2.24, 2.45) is 0 Å². The van der Waals surface area contributed by atoms with Gasteiger partial charge in [0.05, 0.1) is 5.56 Å². The molecule has 2 aromatic carbocycles. The molecule has 96 valence electrons. The van der Waals surface area contributed by atoms with E-state index in [1.54, 1.807) is 0 Å². The normalized spacial score (nSPS) is 9.58. The molecule has 0 unspecified atom stereocenters. The van der Waals surface area contributed by atoms with Crippen LogP contribution in [0.4, 0.5) is 0 Å². The Bertz CT molecular complexity index is 592. The summed E-state index contributed by atoms with van der Waals surface area (Å²) in [5.74, 6) is 6.32. The quantitative estimate of drug-likeness (QED) is 0.851. The maximum Gasteiger partial charge on any atom is 0.135 e. The third kappa shape index (κ3) is 3.87. The minimum absolute atomic E-state index is 0.147. The minimum Gasteiger partial charge on any atom is -0.488 e. The van der Waals surface area contributed by atoms with E-state index in [-0.39, 0.29) is 6.61 Å². The zero-order chi connectivity index (χ0) is 13.5. The Hall–Kier alpha value is -2.24. The Morgan fingerprint density at radius 2 is 1.89 bits per heavy atom. The summed E-state index contributed by atoms with van der Waals surface area (Å²) in [5.41, 5.74) is 3.04. The summed E-state index contributed by atoms with van der Waals surface area (Å²) < 4.78 is 5.79. The summed E-state index contributed by atoms with van der Waals surface area (Å²) in [6, 6.07) is 15.9. The number of hydrogen-bond donors (Lipinski definition) is 1. The Kier molecular flexibility index (Phi) is 4.60. The van der Waals surface area contributed by atoms with E-state index in [1.165, 1.54) is 0 Å². The summed E-state index contributed by atoms with van der Waals surface area (Å²) in [6.45, 7) is 2.37. The highest BCUT2D eigenvalue weighted by Gasteiger charge is 2.02. The molecule has 0 saturated carbocycles. The fraction of sp³-hybridized carbons (Fsp3) is 0.176. The molecule has 0 aliphatic heterocycles. The summed E-state index contributed by atoms with van der Waals surface area (Å²) in [5, 5.41) is 8.78. The lowest BCUT2D eigenvalue weighted by Gasteiger charge is -2.09. The molecular formula is C17H16O2. The first-order valence-corrected chi connectivity index (χ1v) is 6.16. The predicted octanol–water partition coefficient (Wildman–Crippen LogP) is 2.92. The second kappa shape index (κ2) is 6.63. The first kappa shape index (κ1) is 13.2. The molecule has 2 aromatic rings. The van der Waals surface area contributed by atoms with E-state index in [1.807, 2.05) is 55.5 Å². The van der Waals surface area contributed by atoms with Gasteiger partial charge in [-0.05, 0) is 30.2 Å². The maximum absolute atomic E-state index is 8.78. The van der Waals surface area contributed by atoms with Gasteiger partial charge >= 0.3 is 0 Å². The molecule has 0 heterocycles. The largest absolute Gasteiger partial charge is 0.488 e. The van der Waals surface area contributed by atoms with Crippen molar-refractivity contribution in [3.63, 3.8) is 0 Å². The average molecular weight is 252 g/mol. The lowest BCUT2D eigenvalue weighted by atomic mass is 10.1. The third-order valence-corrected chi connectivity index (χ3v) is 2.67. The van der Waals surface area contributed by atoms with E-state index in [0.29, 0.717) is 6.61 Å². The number of rotatable bonds is 3. The van der Waals surface area contributed by atoms with Crippen molar-refractivity contribution >= 4 is 0 Å². The second-order valence-electron chi connectivity index (χ2n) is 4.23. The van der Waals surface area contributed by atoms with E-state index in [9.17, 15) is 0 Å². The average Bonchev–Trinajstić information content (AvgIpc) is 2.45. The molecular weight excluding hydrogens is 236 g/mol. The molecule has 0 aliphatic rings. The molecule has 0 fully saturated rings. The van der Waals surface area contributed by atoms with Crippen molar-refractivity contribution in [2.75, 3.05) is 6.61 Å². The summed E-state index contributed by atoms with van der Waals surface area (Å²) in [7, 11) is 0. The van der Waals surface area contributed by atoms with Crippen molar-refractivity contribution in [3.05, 3.63) is 65.2 Å². The van der Waals surface area contributed by atoms with Gasteiger partial charge in [-0.1, -0.05) is 48.2 Å². The Morgan fingerprint density at radius 1 is 1.11 bits per heavy atom. The summed E-state index contributed by atoms with van der Waals surface area (Å²) in [4.78, 5) is 0. The molecule has 0 amide bonds. The fourth-order valence-corrected chi connectivity index (χ4v) is 1.74. The minimum atomic E-state index is -0.147. The van der Waals surface area contributed by atoms with Crippen LogP contribution in [-0.4, -0.2) is 11.7 Å². The monoisotopic (exact) mass is 252 g/mol. The molecule has 2 rings (SSSR count). The first-order valence-electron chi connectivity index (χ1n) is 6.16. The molecule has 2 heteroatoms. The van der Waals surface area contributed by atoms with Gasteiger partial charge < -0.3 is 9.84 Å². The van der Waals surface area contributed by atoms with Crippen LogP contribution < -0.4 is 4.74 Å². The van der Waals surface area contributed by atoms with Crippen LogP contribution >= 0.6 is 0 Å². The number of benzene rings is 2. The van der Waals surface area contributed by atoms with Crippen LogP contribution in [0.25, 0.3) is 0 Å². The maximum atomic E-state index is 8.78. The van der Waals surface area contributed by atoms with Gasteiger partial charge in [0.15, 0.2) is 0 Å². The van der Waals surface area contributed by atoms with Crippen LogP contribution in [0.1, 0.15) is 16.7 Å². The Morgan fingerprint density at radius 3 is 2.63 bits per heavy atom. The van der Waals surface area contributed by atoms with Gasteiger partial charge in [0.1, 0.15) is 19.0 Å². The van der Waals surface area contributed by atoms with E-state index < -0.39 is 0 Å². The van der Waals surface area contributed by atoms with Crippen LogP contribution in [0.2, 0.25) is 0 Å². The Labute approximate surface area is 113 Å².